The lowest BCUT2D eigenvalue weighted by Gasteiger charge is -2.09. The Hall–Kier alpha value is -3.37. The Kier molecular flexibility index (Phi) is 8.93. The predicted molar refractivity (Wildman–Crippen MR) is 91.6 cm³/mol. The molecule has 1 rings (SSSR count). The minimum absolute atomic E-state index is 0.0736. The van der Waals surface area contributed by atoms with Crippen LogP contribution in [0.25, 0.3) is 0 Å². The zero-order chi connectivity index (χ0) is 19.4. The van der Waals surface area contributed by atoms with Crippen molar-refractivity contribution in [1.82, 2.24) is 20.6 Å². The topological polar surface area (TPSA) is 152 Å². The second-order valence-electron chi connectivity index (χ2n) is 4.87. The summed E-state index contributed by atoms with van der Waals surface area (Å²) in [5, 5.41) is 7.65. The number of nitrogens with one attached hydrogen (secondary N) is 4. The highest BCUT2D eigenvalue weighted by Gasteiger charge is 2.05. The molecule has 0 saturated heterocycles. The summed E-state index contributed by atoms with van der Waals surface area (Å²) in [7, 11) is 0. The van der Waals surface area contributed by atoms with Crippen molar-refractivity contribution in [3.63, 3.8) is 0 Å². The second-order valence-corrected chi connectivity index (χ2v) is 4.87. The Morgan fingerprint density at radius 3 is 2.62 bits per heavy atom. The monoisotopic (exact) mass is 367 g/mol. The number of carbonyl (C=O) groups is 3. The summed E-state index contributed by atoms with van der Waals surface area (Å²) in [6.45, 7) is 4.95. The number of alkyl carbamates (subject to hydrolysis) is 1. The molecule has 4 N–H and O–H groups in total. The van der Waals surface area contributed by atoms with Gasteiger partial charge in [-0.1, -0.05) is 6.58 Å². The van der Waals surface area contributed by atoms with Crippen molar-refractivity contribution >= 4 is 23.9 Å². The Morgan fingerprint density at radius 1 is 1.23 bits per heavy atom. The van der Waals surface area contributed by atoms with E-state index in [1.807, 2.05) is 0 Å². The Bertz CT molecular complexity index is 702. The van der Waals surface area contributed by atoms with E-state index in [1.54, 1.807) is 6.92 Å². The fraction of sp³-hybridized carbons (Fsp3) is 0.400. The molecule has 0 fully saturated rings. The fourth-order valence-electron chi connectivity index (χ4n) is 1.64. The highest BCUT2D eigenvalue weighted by molar-refractivity contribution is 5.81. The summed E-state index contributed by atoms with van der Waals surface area (Å²) in [5.41, 5.74) is 0.209. The number of ether oxygens (including phenoxy) is 2. The van der Waals surface area contributed by atoms with E-state index in [1.165, 1.54) is 6.07 Å². The van der Waals surface area contributed by atoms with Gasteiger partial charge in [0.25, 0.3) is 5.56 Å². The lowest BCUT2D eigenvalue weighted by Crippen LogP contribution is -2.37. The molecule has 0 aliphatic carbocycles. The molecule has 0 aliphatic rings. The maximum absolute atomic E-state index is 11.6. The van der Waals surface area contributed by atoms with Crippen molar-refractivity contribution in [2.24, 2.45) is 0 Å². The number of aryl methyl sites for hydroxylation is 1. The van der Waals surface area contributed by atoms with Crippen LogP contribution in [-0.4, -0.2) is 60.8 Å². The summed E-state index contributed by atoms with van der Waals surface area (Å²) in [6.07, 6.45) is 0.304. The number of aromatic amines is 1. The smallest absolute Gasteiger partial charge is 0.407 e. The summed E-state index contributed by atoms with van der Waals surface area (Å²) in [5.74, 6) is -0.750. The number of amides is 2. The van der Waals surface area contributed by atoms with Gasteiger partial charge < -0.3 is 25.4 Å². The van der Waals surface area contributed by atoms with E-state index in [-0.39, 0.29) is 50.3 Å². The van der Waals surface area contributed by atoms with E-state index in [9.17, 15) is 19.2 Å². The molecule has 1 heterocycles. The first-order valence-corrected chi connectivity index (χ1v) is 7.69. The number of hydrogen-bond donors (Lipinski definition) is 4. The maximum atomic E-state index is 11.6. The van der Waals surface area contributed by atoms with Crippen LogP contribution in [0.4, 0.5) is 10.7 Å². The van der Waals surface area contributed by atoms with Crippen LogP contribution in [0.5, 0.6) is 0 Å². The first-order chi connectivity index (χ1) is 12.4. The van der Waals surface area contributed by atoms with Crippen molar-refractivity contribution in [2.75, 3.05) is 38.2 Å². The van der Waals surface area contributed by atoms with Crippen LogP contribution in [0, 0.1) is 6.92 Å². The normalized spacial score (nSPS) is 9.73. The molecule has 0 bridgehead atoms. The molecule has 0 spiro atoms. The van der Waals surface area contributed by atoms with Gasteiger partial charge >= 0.3 is 12.1 Å². The molecule has 0 saturated carbocycles. The van der Waals surface area contributed by atoms with Gasteiger partial charge in [-0.05, 0) is 6.92 Å². The molecule has 11 heteroatoms. The Balaban J connectivity index is 2.10. The Labute approximate surface area is 149 Å². The van der Waals surface area contributed by atoms with E-state index in [0.717, 1.165) is 6.08 Å². The molecule has 0 radical (unpaired) electrons. The molecule has 0 atom stereocenters. The van der Waals surface area contributed by atoms with Crippen molar-refractivity contribution in [3.05, 3.63) is 34.8 Å². The minimum Gasteiger partial charge on any atom is -0.459 e. The van der Waals surface area contributed by atoms with E-state index < -0.39 is 12.1 Å². The van der Waals surface area contributed by atoms with Crippen LogP contribution in [0.2, 0.25) is 0 Å². The number of anilines is 1. The van der Waals surface area contributed by atoms with E-state index in [4.69, 9.17) is 4.74 Å². The average molecular weight is 367 g/mol. The first kappa shape index (κ1) is 20.7. The van der Waals surface area contributed by atoms with Gasteiger partial charge in [0.15, 0.2) is 0 Å². The first-order valence-electron chi connectivity index (χ1n) is 7.69. The van der Waals surface area contributed by atoms with Crippen LogP contribution in [-0.2, 0) is 19.1 Å². The second kappa shape index (κ2) is 11.2. The highest BCUT2D eigenvalue weighted by atomic mass is 16.6. The summed E-state index contributed by atoms with van der Waals surface area (Å²) in [6, 6.07) is 1.33. The van der Waals surface area contributed by atoms with Gasteiger partial charge in [-0.25, -0.2) is 14.6 Å². The van der Waals surface area contributed by atoms with Crippen LogP contribution >= 0.6 is 0 Å². The fourth-order valence-corrected chi connectivity index (χ4v) is 1.64. The number of esters is 1. The number of nitrogens with zero attached hydrogens (tertiary/aromatic N) is 1. The van der Waals surface area contributed by atoms with Gasteiger partial charge in [0.1, 0.15) is 13.2 Å². The number of rotatable bonds is 10. The van der Waals surface area contributed by atoms with Gasteiger partial charge in [-0.3, -0.25) is 14.6 Å². The van der Waals surface area contributed by atoms with E-state index >= 15 is 0 Å². The highest BCUT2D eigenvalue weighted by Crippen LogP contribution is 1.94. The Morgan fingerprint density at radius 2 is 1.92 bits per heavy atom. The molecule has 142 valence electrons. The molecule has 0 unspecified atom stereocenters. The molecule has 2 amide bonds. The number of aromatic nitrogens is 2. The summed E-state index contributed by atoms with van der Waals surface area (Å²) >= 11 is 0. The third-order valence-electron chi connectivity index (χ3n) is 2.73. The average Bonchev–Trinajstić information content (AvgIpc) is 2.59. The quantitative estimate of drug-likeness (QED) is 0.235. The third kappa shape index (κ3) is 9.05. The van der Waals surface area contributed by atoms with Crippen LogP contribution in [0.15, 0.2) is 23.5 Å². The minimum atomic E-state index is -0.700. The number of carbonyl (C=O) groups excluding carboxylic acids is 3. The number of H-pyrrole nitrogens is 1. The van der Waals surface area contributed by atoms with Gasteiger partial charge in [-0.2, -0.15) is 0 Å². The van der Waals surface area contributed by atoms with Crippen molar-refractivity contribution in [1.29, 1.82) is 0 Å². The van der Waals surface area contributed by atoms with Gasteiger partial charge in [0, 0.05) is 30.9 Å². The summed E-state index contributed by atoms with van der Waals surface area (Å²) < 4.78 is 9.37. The summed E-state index contributed by atoms with van der Waals surface area (Å²) in [4.78, 5) is 51.4. The van der Waals surface area contributed by atoms with Crippen LogP contribution in [0.3, 0.4) is 0 Å². The largest absolute Gasteiger partial charge is 0.459 e. The van der Waals surface area contributed by atoms with Crippen LogP contribution in [0.1, 0.15) is 5.69 Å². The SMILES string of the molecule is C=CC(=O)OCCOC(=O)NCCNC(=O)CNc1nc(C)cc(=O)[nH]1. The molecule has 1 aromatic rings. The predicted octanol–water partition coefficient (Wildman–Crippen LogP) is -0.938. The van der Waals surface area contributed by atoms with Crippen LogP contribution < -0.4 is 21.5 Å². The molecular formula is C15H21N5O6. The maximum Gasteiger partial charge on any atom is 0.407 e. The molecule has 0 aromatic carbocycles. The van der Waals surface area contributed by atoms with Gasteiger partial charge in [0.05, 0.1) is 6.54 Å². The van der Waals surface area contributed by atoms with Gasteiger partial charge in [0.2, 0.25) is 11.9 Å². The van der Waals surface area contributed by atoms with E-state index in [2.05, 4.69) is 37.2 Å². The molecule has 26 heavy (non-hydrogen) atoms. The zero-order valence-corrected chi connectivity index (χ0v) is 14.3. The third-order valence-corrected chi connectivity index (χ3v) is 2.73. The lowest BCUT2D eigenvalue weighted by atomic mass is 10.4. The molecule has 11 nitrogen and oxygen atoms in total. The van der Waals surface area contributed by atoms with Crippen molar-refractivity contribution < 1.29 is 23.9 Å². The van der Waals surface area contributed by atoms with Crippen molar-refractivity contribution in [3.8, 4) is 0 Å². The van der Waals surface area contributed by atoms with E-state index in [0.29, 0.717) is 5.69 Å². The zero-order valence-electron chi connectivity index (χ0n) is 14.3. The van der Waals surface area contributed by atoms with Gasteiger partial charge in [-0.15, -0.1) is 0 Å². The standard InChI is InChI=1S/C15H21N5O6/c1-3-13(23)25-6-7-26-15(24)17-5-4-16-12(22)9-18-14-19-10(2)8-11(21)20-14/h3,8H,1,4-7,9H2,2H3,(H,16,22)(H,17,24)(H2,18,19,20,21). The number of hydrogen-bond acceptors (Lipinski definition) is 8. The lowest BCUT2D eigenvalue weighted by molar-refractivity contribution is -0.138. The molecule has 1 aromatic heterocycles. The van der Waals surface area contributed by atoms with Crippen molar-refractivity contribution in [2.45, 2.75) is 6.92 Å². The molecule has 0 aliphatic heterocycles. The molecular weight excluding hydrogens is 346 g/mol.